The average molecular weight is 348 g/mol. The Morgan fingerprint density at radius 3 is 2.50 bits per heavy atom. The van der Waals surface area contributed by atoms with E-state index in [4.69, 9.17) is 9.16 Å². The molecule has 132 valence electrons. The van der Waals surface area contributed by atoms with E-state index in [2.05, 4.69) is 33.9 Å². The number of amides is 1. The Balaban J connectivity index is 1.97. The van der Waals surface area contributed by atoms with Gasteiger partial charge in [0.15, 0.2) is 0 Å². The molecule has 4 nitrogen and oxygen atoms in total. The van der Waals surface area contributed by atoms with Gasteiger partial charge in [0.25, 0.3) is 0 Å². The van der Waals surface area contributed by atoms with Crippen molar-refractivity contribution >= 4 is 14.4 Å². The lowest BCUT2D eigenvalue weighted by Crippen LogP contribution is -2.41. The number of nitrogens with zero attached hydrogens (tertiary/aromatic N) is 1. The van der Waals surface area contributed by atoms with Crippen LogP contribution in [0.5, 0.6) is 0 Å². The number of carbonyl (C=O) groups excluding carboxylic acids is 1. The Labute approximate surface area is 146 Å². The van der Waals surface area contributed by atoms with Crippen LogP contribution in [0.25, 0.3) is 0 Å². The van der Waals surface area contributed by atoms with E-state index in [0.717, 1.165) is 24.2 Å². The SMILES string of the molecule is CC(C)(C)[Si](C)(C)OC1=CN(C(=O)OCc2ccccc2)CCC1. The molecule has 2 rings (SSSR count). The summed E-state index contributed by atoms with van der Waals surface area (Å²) in [5.74, 6) is 0.907. The van der Waals surface area contributed by atoms with Crippen molar-refractivity contribution in [3.05, 3.63) is 47.9 Å². The minimum atomic E-state index is -1.87. The zero-order chi connectivity index (χ0) is 17.8. The van der Waals surface area contributed by atoms with Crippen molar-refractivity contribution < 1.29 is 14.0 Å². The highest BCUT2D eigenvalue weighted by Crippen LogP contribution is 2.38. The van der Waals surface area contributed by atoms with Crippen molar-refractivity contribution in [2.75, 3.05) is 6.54 Å². The van der Waals surface area contributed by atoms with E-state index in [1.165, 1.54) is 0 Å². The van der Waals surface area contributed by atoms with E-state index in [1.54, 1.807) is 4.90 Å². The second-order valence-electron chi connectivity index (χ2n) is 7.79. The van der Waals surface area contributed by atoms with Gasteiger partial charge in [-0.1, -0.05) is 51.1 Å². The molecule has 0 saturated carbocycles. The maximum Gasteiger partial charge on any atom is 0.414 e. The summed E-state index contributed by atoms with van der Waals surface area (Å²) in [7, 11) is -1.87. The first-order valence-electron chi connectivity index (χ1n) is 8.56. The van der Waals surface area contributed by atoms with Gasteiger partial charge in [-0.15, -0.1) is 0 Å². The zero-order valence-corrected chi connectivity index (χ0v) is 16.5. The normalized spacial score (nSPS) is 15.7. The van der Waals surface area contributed by atoms with Gasteiger partial charge in [-0.2, -0.15) is 0 Å². The first-order chi connectivity index (χ1) is 11.2. The van der Waals surface area contributed by atoms with Crippen LogP contribution in [0.15, 0.2) is 42.3 Å². The minimum absolute atomic E-state index is 0.143. The van der Waals surface area contributed by atoms with E-state index in [0.29, 0.717) is 13.2 Å². The quantitative estimate of drug-likeness (QED) is 0.695. The second-order valence-corrected chi connectivity index (χ2v) is 12.5. The lowest BCUT2D eigenvalue weighted by Gasteiger charge is -2.38. The molecular weight excluding hydrogens is 318 g/mol. The largest absolute Gasteiger partial charge is 0.545 e. The van der Waals surface area contributed by atoms with Gasteiger partial charge in [0.05, 0.1) is 5.76 Å². The van der Waals surface area contributed by atoms with Crippen molar-refractivity contribution in [3.8, 4) is 0 Å². The molecule has 0 fully saturated rings. The van der Waals surface area contributed by atoms with Gasteiger partial charge in [0.2, 0.25) is 8.32 Å². The summed E-state index contributed by atoms with van der Waals surface area (Å²) in [4.78, 5) is 13.9. The van der Waals surface area contributed by atoms with Gasteiger partial charge in [-0.25, -0.2) is 4.79 Å². The van der Waals surface area contributed by atoms with E-state index in [1.807, 2.05) is 36.5 Å². The van der Waals surface area contributed by atoms with E-state index in [-0.39, 0.29) is 11.1 Å². The molecule has 1 amide bonds. The molecule has 1 heterocycles. The molecule has 0 saturated heterocycles. The van der Waals surface area contributed by atoms with Gasteiger partial charge in [-0.3, -0.25) is 4.90 Å². The topological polar surface area (TPSA) is 38.8 Å². The summed E-state index contributed by atoms with van der Waals surface area (Å²) in [6.45, 7) is 12.1. The maximum atomic E-state index is 12.3. The Hall–Kier alpha value is -1.75. The first kappa shape index (κ1) is 18.6. The Morgan fingerprint density at radius 2 is 1.88 bits per heavy atom. The number of hydrogen-bond acceptors (Lipinski definition) is 3. The van der Waals surface area contributed by atoms with Crippen LogP contribution in [0.4, 0.5) is 4.79 Å². The van der Waals surface area contributed by atoms with Crippen LogP contribution in [-0.2, 0) is 15.8 Å². The molecule has 0 spiro atoms. The summed E-state index contributed by atoms with van der Waals surface area (Å²) < 4.78 is 11.7. The van der Waals surface area contributed by atoms with Crippen molar-refractivity contribution in [2.24, 2.45) is 0 Å². The van der Waals surface area contributed by atoms with E-state index in [9.17, 15) is 4.79 Å². The lowest BCUT2D eigenvalue weighted by atomic mass is 10.2. The van der Waals surface area contributed by atoms with Crippen LogP contribution in [0.1, 0.15) is 39.2 Å². The monoisotopic (exact) mass is 347 g/mol. The van der Waals surface area contributed by atoms with Crippen LogP contribution in [0.2, 0.25) is 18.1 Å². The van der Waals surface area contributed by atoms with Crippen LogP contribution in [-0.4, -0.2) is 25.9 Å². The predicted octanol–water partition coefficient (Wildman–Crippen LogP) is 5.28. The maximum absolute atomic E-state index is 12.3. The fraction of sp³-hybridized carbons (Fsp3) is 0.526. The van der Waals surface area contributed by atoms with Crippen molar-refractivity contribution in [2.45, 2.75) is 58.4 Å². The molecule has 0 radical (unpaired) electrons. The first-order valence-corrected chi connectivity index (χ1v) is 11.5. The Kier molecular flexibility index (Phi) is 5.75. The summed E-state index contributed by atoms with van der Waals surface area (Å²) in [6, 6.07) is 9.73. The molecule has 1 aromatic rings. The molecule has 0 unspecified atom stereocenters. The molecular formula is C19H29NO3Si. The third kappa shape index (κ3) is 4.87. The molecule has 0 aromatic heterocycles. The van der Waals surface area contributed by atoms with Gasteiger partial charge in [0, 0.05) is 19.2 Å². The molecule has 1 aliphatic heterocycles. The van der Waals surface area contributed by atoms with Crippen molar-refractivity contribution in [1.82, 2.24) is 4.90 Å². The fourth-order valence-corrected chi connectivity index (χ4v) is 3.35. The van der Waals surface area contributed by atoms with Crippen LogP contribution in [0.3, 0.4) is 0 Å². The van der Waals surface area contributed by atoms with Gasteiger partial charge >= 0.3 is 6.09 Å². The third-order valence-electron chi connectivity index (χ3n) is 4.75. The highest BCUT2D eigenvalue weighted by molar-refractivity contribution is 6.74. The number of benzene rings is 1. The second kappa shape index (κ2) is 7.43. The number of allylic oxidation sites excluding steroid dienone is 1. The number of ether oxygens (including phenoxy) is 1. The van der Waals surface area contributed by atoms with Gasteiger partial charge < -0.3 is 9.16 Å². The highest BCUT2D eigenvalue weighted by Gasteiger charge is 2.39. The molecule has 1 aliphatic rings. The number of carbonyl (C=O) groups is 1. The molecule has 0 N–H and O–H groups in total. The van der Waals surface area contributed by atoms with Crippen molar-refractivity contribution in [1.29, 1.82) is 0 Å². The molecule has 5 heteroatoms. The lowest BCUT2D eigenvalue weighted by molar-refractivity contribution is 0.106. The minimum Gasteiger partial charge on any atom is -0.545 e. The van der Waals surface area contributed by atoms with Crippen LogP contribution in [0, 0.1) is 0 Å². The standard InChI is InChI=1S/C19H29NO3Si/c1-19(2,3)24(4,5)23-17-12-9-13-20(14-17)18(21)22-15-16-10-7-6-8-11-16/h6-8,10-11,14H,9,12-13,15H2,1-5H3. The van der Waals surface area contributed by atoms with E-state index >= 15 is 0 Å². The Bertz CT molecular complexity index is 590. The number of hydrogen-bond donors (Lipinski definition) is 0. The summed E-state index contributed by atoms with van der Waals surface area (Å²) in [5.41, 5.74) is 0.990. The van der Waals surface area contributed by atoms with E-state index < -0.39 is 8.32 Å². The molecule has 0 atom stereocenters. The zero-order valence-electron chi connectivity index (χ0n) is 15.5. The summed E-state index contributed by atoms with van der Waals surface area (Å²) in [6.07, 6.45) is 3.31. The summed E-state index contributed by atoms with van der Waals surface area (Å²) >= 11 is 0. The summed E-state index contributed by atoms with van der Waals surface area (Å²) in [5, 5.41) is 0.143. The predicted molar refractivity (Wildman–Crippen MR) is 98.9 cm³/mol. The van der Waals surface area contributed by atoms with Crippen LogP contribution < -0.4 is 0 Å². The number of rotatable bonds is 4. The van der Waals surface area contributed by atoms with Gasteiger partial charge in [0.1, 0.15) is 6.61 Å². The fourth-order valence-electron chi connectivity index (χ4n) is 2.23. The van der Waals surface area contributed by atoms with Crippen LogP contribution >= 0.6 is 0 Å². The highest BCUT2D eigenvalue weighted by atomic mass is 28.4. The Morgan fingerprint density at radius 1 is 1.21 bits per heavy atom. The third-order valence-corrected chi connectivity index (χ3v) is 9.14. The average Bonchev–Trinajstić information content (AvgIpc) is 2.52. The molecule has 0 aliphatic carbocycles. The molecule has 1 aromatic carbocycles. The van der Waals surface area contributed by atoms with Crippen molar-refractivity contribution in [3.63, 3.8) is 0 Å². The van der Waals surface area contributed by atoms with Gasteiger partial charge in [-0.05, 0) is 30.1 Å². The smallest absolute Gasteiger partial charge is 0.414 e. The molecule has 24 heavy (non-hydrogen) atoms. The molecule has 0 bridgehead atoms.